The van der Waals surface area contributed by atoms with E-state index in [1.54, 1.807) is 48.0 Å². The van der Waals surface area contributed by atoms with Crippen molar-refractivity contribution in [2.45, 2.75) is 6.04 Å². The predicted molar refractivity (Wildman–Crippen MR) is 103 cm³/mol. The van der Waals surface area contributed by atoms with E-state index in [-0.39, 0.29) is 11.3 Å². The number of anilines is 1. The number of benzene rings is 1. The third-order valence-corrected chi connectivity index (χ3v) is 5.23. The highest BCUT2D eigenvalue weighted by atomic mass is 35.5. The fourth-order valence-electron chi connectivity index (χ4n) is 2.99. The number of pyridine rings is 1. The molecule has 1 unspecified atom stereocenters. The summed E-state index contributed by atoms with van der Waals surface area (Å²) in [6.07, 6.45) is 4.56. The van der Waals surface area contributed by atoms with E-state index < -0.39 is 17.7 Å². The van der Waals surface area contributed by atoms with Crippen LogP contribution in [0.5, 0.6) is 0 Å². The molecule has 3 heterocycles. The van der Waals surface area contributed by atoms with E-state index in [1.165, 1.54) is 28.6 Å². The van der Waals surface area contributed by atoms with Crippen LogP contribution in [-0.4, -0.2) is 26.8 Å². The van der Waals surface area contributed by atoms with Crippen molar-refractivity contribution >= 4 is 45.5 Å². The minimum absolute atomic E-state index is 0.00345. The molecule has 1 aliphatic heterocycles. The van der Waals surface area contributed by atoms with E-state index >= 15 is 0 Å². The van der Waals surface area contributed by atoms with Gasteiger partial charge < -0.3 is 5.11 Å². The third-order valence-electron chi connectivity index (χ3n) is 4.21. The van der Waals surface area contributed by atoms with Crippen LogP contribution < -0.4 is 4.90 Å². The number of aliphatic hydroxyl groups is 1. The van der Waals surface area contributed by atoms with Crippen LogP contribution in [0.2, 0.25) is 5.02 Å². The van der Waals surface area contributed by atoms with Crippen molar-refractivity contribution in [1.82, 2.24) is 9.97 Å². The first-order valence-electron chi connectivity index (χ1n) is 7.94. The van der Waals surface area contributed by atoms with Gasteiger partial charge in [0.2, 0.25) is 0 Å². The molecule has 1 amide bonds. The molecular weight excluding hydrogens is 386 g/mol. The number of Topliss-reactive ketones (excluding diaryl/α,β-unsaturated/α-hetero) is 1. The number of hydrogen-bond acceptors (Lipinski definition) is 6. The van der Waals surface area contributed by atoms with E-state index in [2.05, 4.69) is 9.97 Å². The molecule has 8 heteroatoms. The fraction of sp³-hybridized carbons (Fsp3) is 0.0526. The minimum atomic E-state index is -0.804. The Morgan fingerprint density at radius 1 is 1.07 bits per heavy atom. The summed E-state index contributed by atoms with van der Waals surface area (Å²) in [5, 5.41) is 13.4. The molecule has 134 valence electrons. The lowest BCUT2D eigenvalue weighted by Crippen LogP contribution is -2.29. The molecule has 2 aromatic heterocycles. The smallest absolute Gasteiger partial charge is 0.301 e. The van der Waals surface area contributed by atoms with E-state index in [1.807, 2.05) is 0 Å². The van der Waals surface area contributed by atoms with Crippen LogP contribution in [0.15, 0.2) is 65.9 Å². The van der Waals surface area contributed by atoms with E-state index in [0.717, 1.165) is 0 Å². The van der Waals surface area contributed by atoms with E-state index in [0.29, 0.717) is 21.3 Å². The lowest BCUT2D eigenvalue weighted by Gasteiger charge is -2.23. The summed E-state index contributed by atoms with van der Waals surface area (Å²) in [4.78, 5) is 35.0. The van der Waals surface area contributed by atoms with Crippen LogP contribution in [0.4, 0.5) is 5.13 Å². The average molecular weight is 398 g/mol. The second-order valence-electron chi connectivity index (χ2n) is 5.77. The van der Waals surface area contributed by atoms with Crippen molar-refractivity contribution in [3.8, 4) is 0 Å². The van der Waals surface area contributed by atoms with Crippen molar-refractivity contribution in [2.24, 2.45) is 0 Å². The summed E-state index contributed by atoms with van der Waals surface area (Å²) in [6, 6.07) is 9.13. The van der Waals surface area contributed by atoms with Gasteiger partial charge in [-0.25, -0.2) is 4.98 Å². The number of carbonyl (C=O) groups is 2. The maximum atomic E-state index is 12.8. The Morgan fingerprint density at radius 3 is 2.41 bits per heavy atom. The molecule has 0 bridgehead atoms. The van der Waals surface area contributed by atoms with Crippen LogP contribution in [0.3, 0.4) is 0 Å². The van der Waals surface area contributed by atoms with Crippen LogP contribution >= 0.6 is 22.9 Å². The average Bonchev–Trinajstić information content (AvgIpc) is 3.30. The van der Waals surface area contributed by atoms with Crippen molar-refractivity contribution in [3.63, 3.8) is 0 Å². The predicted octanol–water partition coefficient (Wildman–Crippen LogP) is 3.82. The minimum Gasteiger partial charge on any atom is -0.507 e. The van der Waals surface area contributed by atoms with Gasteiger partial charge in [0.05, 0.1) is 11.6 Å². The Bertz CT molecular complexity index is 1030. The molecule has 0 radical (unpaired) electrons. The lowest BCUT2D eigenvalue weighted by molar-refractivity contribution is -0.132. The topological polar surface area (TPSA) is 83.4 Å². The van der Waals surface area contributed by atoms with Gasteiger partial charge in [-0.2, -0.15) is 0 Å². The number of nitrogens with zero attached hydrogens (tertiary/aromatic N) is 3. The number of rotatable bonds is 3. The molecular formula is C19H12ClN3O3S. The Kier molecular flexibility index (Phi) is 4.47. The quantitative estimate of drug-likeness (QED) is 0.412. The standard InChI is InChI=1S/C19H12ClN3O3S/c20-13-3-1-11(2-4-13)15-14(16(24)12-5-7-21-8-6-12)17(25)18(26)23(15)19-22-9-10-27-19/h1-10,15,24H. The summed E-state index contributed by atoms with van der Waals surface area (Å²) >= 11 is 7.22. The molecule has 1 aliphatic rings. The molecule has 0 saturated carbocycles. The van der Waals surface area contributed by atoms with Gasteiger partial charge in [0.15, 0.2) is 5.13 Å². The molecule has 1 atom stereocenters. The molecule has 0 spiro atoms. The van der Waals surface area contributed by atoms with Gasteiger partial charge >= 0.3 is 5.91 Å². The maximum absolute atomic E-state index is 12.8. The highest BCUT2D eigenvalue weighted by Crippen LogP contribution is 2.42. The summed E-state index contributed by atoms with van der Waals surface area (Å²) in [6.45, 7) is 0. The van der Waals surface area contributed by atoms with E-state index in [9.17, 15) is 14.7 Å². The second kappa shape index (κ2) is 6.94. The summed E-state index contributed by atoms with van der Waals surface area (Å²) in [5.74, 6) is -1.75. The molecule has 6 nitrogen and oxygen atoms in total. The number of carbonyl (C=O) groups excluding carboxylic acids is 2. The Labute approximate surface area is 163 Å². The SMILES string of the molecule is O=C1C(=O)N(c2nccs2)C(c2ccc(Cl)cc2)C1=C(O)c1ccncc1. The first-order chi connectivity index (χ1) is 13.1. The molecule has 3 aromatic rings. The van der Waals surface area contributed by atoms with Gasteiger partial charge in [-0.3, -0.25) is 19.5 Å². The number of hydrogen-bond donors (Lipinski definition) is 1. The second-order valence-corrected chi connectivity index (χ2v) is 7.08. The van der Waals surface area contributed by atoms with Gasteiger partial charge in [0, 0.05) is 34.6 Å². The maximum Gasteiger partial charge on any atom is 0.301 e. The van der Waals surface area contributed by atoms with Crippen molar-refractivity contribution in [1.29, 1.82) is 0 Å². The normalized spacial score (nSPS) is 18.9. The van der Waals surface area contributed by atoms with Crippen LogP contribution in [0, 0.1) is 0 Å². The van der Waals surface area contributed by atoms with Crippen molar-refractivity contribution < 1.29 is 14.7 Å². The number of aromatic nitrogens is 2. The molecule has 1 aromatic carbocycles. The highest BCUT2D eigenvalue weighted by Gasteiger charge is 2.47. The third kappa shape index (κ3) is 3.01. The van der Waals surface area contributed by atoms with Crippen molar-refractivity contribution in [2.75, 3.05) is 4.90 Å². The lowest BCUT2D eigenvalue weighted by atomic mass is 9.96. The number of thiazole rings is 1. The number of ketones is 1. The van der Waals surface area contributed by atoms with Gasteiger partial charge in [0.25, 0.3) is 5.78 Å². The number of aliphatic hydroxyl groups excluding tert-OH is 1. The zero-order valence-corrected chi connectivity index (χ0v) is 15.3. The summed E-state index contributed by atoms with van der Waals surface area (Å²) in [7, 11) is 0. The van der Waals surface area contributed by atoms with E-state index in [4.69, 9.17) is 11.6 Å². The largest absolute Gasteiger partial charge is 0.507 e. The summed E-state index contributed by atoms with van der Waals surface area (Å²) < 4.78 is 0. The van der Waals surface area contributed by atoms with Crippen molar-refractivity contribution in [3.05, 3.63) is 82.1 Å². The van der Waals surface area contributed by atoms with Gasteiger partial charge in [0.1, 0.15) is 5.76 Å². The first kappa shape index (κ1) is 17.4. The monoisotopic (exact) mass is 397 g/mol. The number of halogens is 1. The van der Waals surface area contributed by atoms with Gasteiger partial charge in [-0.1, -0.05) is 23.7 Å². The zero-order valence-electron chi connectivity index (χ0n) is 13.7. The van der Waals surface area contributed by atoms with Crippen LogP contribution in [0.25, 0.3) is 5.76 Å². The fourth-order valence-corrected chi connectivity index (χ4v) is 3.78. The molecule has 27 heavy (non-hydrogen) atoms. The van der Waals surface area contributed by atoms with Crippen LogP contribution in [-0.2, 0) is 9.59 Å². The molecule has 4 rings (SSSR count). The Hall–Kier alpha value is -3.03. The summed E-state index contributed by atoms with van der Waals surface area (Å²) in [5.41, 5.74) is 1.05. The zero-order chi connectivity index (χ0) is 19.0. The molecule has 1 fully saturated rings. The molecule has 0 aliphatic carbocycles. The highest BCUT2D eigenvalue weighted by molar-refractivity contribution is 7.14. The Balaban J connectivity index is 1.94. The first-order valence-corrected chi connectivity index (χ1v) is 9.20. The molecule has 1 N–H and O–H groups in total. The number of amides is 1. The molecule has 1 saturated heterocycles. The van der Waals surface area contributed by atoms with Gasteiger partial charge in [-0.15, -0.1) is 11.3 Å². The van der Waals surface area contributed by atoms with Gasteiger partial charge in [-0.05, 0) is 29.8 Å². The van der Waals surface area contributed by atoms with Crippen LogP contribution in [0.1, 0.15) is 17.2 Å². The Morgan fingerprint density at radius 2 is 1.78 bits per heavy atom.